The lowest BCUT2D eigenvalue weighted by atomic mass is 10.1. The van der Waals surface area contributed by atoms with Crippen molar-refractivity contribution >= 4 is 17.7 Å². The number of nitrogens with zero attached hydrogens (tertiary/aromatic N) is 3. The summed E-state index contributed by atoms with van der Waals surface area (Å²) in [6.45, 7) is 9.98. The SMILES string of the molecule is CN=C(NCC1CCN(c2ccccc2)C1)NC1CN(C(=O)OC(C)(C)C)C1. The first-order valence-corrected chi connectivity index (χ1v) is 10.1. The van der Waals surface area contributed by atoms with Crippen LogP contribution in [0.2, 0.25) is 0 Å². The molecule has 1 amide bonds. The van der Waals surface area contributed by atoms with Crippen LogP contribution in [0.1, 0.15) is 27.2 Å². The number of nitrogens with one attached hydrogen (secondary N) is 2. The minimum absolute atomic E-state index is 0.211. The highest BCUT2D eigenvalue weighted by atomic mass is 16.6. The van der Waals surface area contributed by atoms with Gasteiger partial charge in [0, 0.05) is 45.5 Å². The molecule has 2 fully saturated rings. The molecule has 1 aromatic rings. The molecule has 7 heteroatoms. The van der Waals surface area contributed by atoms with Crippen LogP contribution in [0.3, 0.4) is 0 Å². The fraction of sp³-hybridized carbons (Fsp3) is 0.619. The van der Waals surface area contributed by atoms with Crippen molar-refractivity contribution in [2.45, 2.75) is 38.8 Å². The predicted octanol–water partition coefficient (Wildman–Crippen LogP) is 2.30. The number of hydrogen-bond acceptors (Lipinski definition) is 4. The predicted molar refractivity (Wildman–Crippen MR) is 113 cm³/mol. The number of ether oxygens (including phenoxy) is 1. The van der Waals surface area contributed by atoms with Gasteiger partial charge in [-0.15, -0.1) is 0 Å². The highest BCUT2D eigenvalue weighted by Gasteiger charge is 2.34. The third-order valence-electron chi connectivity index (χ3n) is 5.06. The molecule has 154 valence electrons. The first-order valence-electron chi connectivity index (χ1n) is 10.1. The van der Waals surface area contributed by atoms with E-state index in [-0.39, 0.29) is 12.1 Å². The van der Waals surface area contributed by atoms with E-state index in [1.54, 1.807) is 11.9 Å². The van der Waals surface area contributed by atoms with E-state index in [0.717, 1.165) is 25.6 Å². The monoisotopic (exact) mass is 387 g/mol. The van der Waals surface area contributed by atoms with Crippen LogP contribution >= 0.6 is 0 Å². The normalized spacial score (nSPS) is 20.7. The van der Waals surface area contributed by atoms with Crippen molar-refractivity contribution in [3.8, 4) is 0 Å². The smallest absolute Gasteiger partial charge is 0.410 e. The number of amides is 1. The summed E-state index contributed by atoms with van der Waals surface area (Å²) in [5.41, 5.74) is 0.839. The number of rotatable bonds is 4. The second-order valence-corrected chi connectivity index (χ2v) is 8.62. The number of likely N-dealkylation sites (tertiary alicyclic amines) is 1. The van der Waals surface area contributed by atoms with Crippen LogP contribution in [0.25, 0.3) is 0 Å². The summed E-state index contributed by atoms with van der Waals surface area (Å²) in [6, 6.07) is 10.8. The molecular weight excluding hydrogens is 354 g/mol. The van der Waals surface area contributed by atoms with Gasteiger partial charge in [-0.2, -0.15) is 0 Å². The number of hydrogen-bond donors (Lipinski definition) is 2. The van der Waals surface area contributed by atoms with Crippen LogP contribution < -0.4 is 15.5 Å². The molecule has 2 aliphatic heterocycles. The van der Waals surface area contributed by atoms with Crippen LogP contribution in [0.15, 0.2) is 35.3 Å². The summed E-state index contributed by atoms with van der Waals surface area (Å²) in [5, 5.41) is 6.84. The van der Waals surface area contributed by atoms with E-state index in [1.165, 1.54) is 12.1 Å². The van der Waals surface area contributed by atoms with Crippen molar-refractivity contribution in [3.05, 3.63) is 30.3 Å². The van der Waals surface area contributed by atoms with E-state index in [0.29, 0.717) is 19.0 Å². The molecule has 2 aliphatic rings. The number of benzene rings is 1. The van der Waals surface area contributed by atoms with Crippen LogP contribution in [-0.4, -0.2) is 68.4 Å². The molecule has 0 aliphatic carbocycles. The van der Waals surface area contributed by atoms with Gasteiger partial charge in [0.25, 0.3) is 0 Å². The van der Waals surface area contributed by atoms with Gasteiger partial charge in [0.1, 0.15) is 5.60 Å². The van der Waals surface area contributed by atoms with Gasteiger partial charge in [0.15, 0.2) is 5.96 Å². The fourth-order valence-electron chi connectivity index (χ4n) is 3.55. The van der Waals surface area contributed by atoms with E-state index in [4.69, 9.17) is 4.74 Å². The van der Waals surface area contributed by atoms with Crippen LogP contribution in [0, 0.1) is 5.92 Å². The zero-order valence-electron chi connectivity index (χ0n) is 17.4. The Morgan fingerprint density at radius 2 is 1.93 bits per heavy atom. The summed E-state index contributed by atoms with van der Waals surface area (Å²) in [6.07, 6.45) is 0.926. The summed E-state index contributed by atoms with van der Waals surface area (Å²) >= 11 is 0. The van der Waals surface area contributed by atoms with Gasteiger partial charge in [0.05, 0.1) is 6.04 Å². The quantitative estimate of drug-likeness (QED) is 0.613. The van der Waals surface area contributed by atoms with Gasteiger partial charge in [0.2, 0.25) is 0 Å². The Bertz CT molecular complexity index is 680. The molecule has 0 aromatic heterocycles. The molecule has 3 rings (SSSR count). The zero-order chi connectivity index (χ0) is 20.1. The van der Waals surface area contributed by atoms with E-state index in [2.05, 4.69) is 50.9 Å². The first-order chi connectivity index (χ1) is 13.3. The molecule has 0 bridgehead atoms. The van der Waals surface area contributed by atoms with Crippen molar-refractivity contribution in [3.63, 3.8) is 0 Å². The van der Waals surface area contributed by atoms with Crippen LogP contribution in [0.4, 0.5) is 10.5 Å². The molecule has 1 unspecified atom stereocenters. The first kappa shape index (κ1) is 20.3. The van der Waals surface area contributed by atoms with Gasteiger partial charge in [-0.1, -0.05) is 18.2 Å². The van der Waals surface area contributed by atoms with E-state index < -0.39 is 5.60 Å². The van der Waals surface area contributed by atoms with Gasteiger partial charge < -0.3 is 25.2 Å². The molecule has 2 saturated heterocycles. The maximum absolute atomic E-state index is 12.0. The Morgan fingerprint density at radius 1 is 1.21 bits per heavy atom. The molecule has 0 saturated carbocycles. The van der Waals surface area contributed by atoms with Crippen molar-refractivity contribution in [1.29, 1.82) is 0 Å². The highest BCUT2D eigenvalue weighted by Crippen LogP contribution is 2.23. The van der Waals surface area contributed by atoms with Crippen molar-refractivity contribution in [1.82, 2.24) is 15.5 Å². The van der Waals surface area contributed by atoms with Gasteiger partial charge >= 0.3 is 6.09 Å². The summed E-state index contributed by atoms with van der Waals surface area (Å²) in [7, 11) is 1.78. The van der Waals surface area contributed by atoms with Crippen molar-refractivity contribution in [2.75, 3.05) is 44.7 Å². The van der Waals surface area contributed by atoms with E-state index in [9.17, 15) is 4.79 Å². The Labute approximate surface area is 168 Å². The summed E-state index contributed by atoms with van der Waals surface area (Å²) in [4.78, 5) is 20.5. The largest absolute Gasteiger partial charge is 0.444 e. The minimum Gasteiger partial charge on any atom is -0.444 e. The fourth-order valence-corrected chi connectivity index (χ4v) is 3.55. The Morgan fingerprint density at radius 3 is 2.57 bits per heavy atom. The lowest BCUT2D eigenvalue weighted by Crippen LogP contribution is -2.63. The standard InChI is InChI=1S/C21H33N5O2/c1-21(2,3)28-20(27)26-14-17(15-26)24-19(22-4)23-12-16-10-11-25(13-16)18-8-6-5-7-9-18/h5-9,16-17H,10-15H2,1-4H3,(H2,22,23,24). The molecule has 0 spiro atoms. The molecule has 0 radical (unpaired) electrons. The maximum atomic E-state index is 12.0. The minimum atomic E-state index is -0.456. The second-order valence-electron chi connectivity index (χ2n) is 8.62. The van der Waals surface area contributed by atoms with Crippen molar-refractivity contribution < 1.29 is 9.53 Å². The Hall–Kier alpha value is -2.44. The number of para-hydroxylation sites is 1. The number of aliphatic imine (C=N–C) groups is 1. The van der Waals surface area contributed by atoms with Crippen LogP contribution in [-0.2, 0) is 4.74 Å². The molecule has 1 atom stereocenters. The number of guanidine groups is 1. The Kier molecular flexibility index (Phi) is 6.31. The molecule has 2 heterocycles. The molecular formula is C21H33N5O2. The van der Waals surface area contributed by atoms with E-state index >= 15 is 0 Å². The molecule has 28 heavy (non-hydrogen) atoms. The Balaban J connectivity index is 1.37. The third-order valence-corrected chi connectivity index (χ3v) is 5.06. The average Bonchev–Trinajstić information content (AvgIpc) is 3.08. The highest BCUT2D eigenvalue weighted by molar-refractivity contribution is 5.80. The summed E-state index contributed by atoms with van der Waals surface area (Å²) in [5.74, 6) is 1.39. The molecule has 7 nitrogen and oxygen atoms in total. The van der Waals surface area contributed by atoms with Gasteiger partial charge in [-0.3, -0.25) is 4.99 Å². The summed E-state index contributed by atoms with van der Waals surface area (Å²) < 4.78 is 5.39. The zero-order valence-corrected chi connectivity index (χ0v) is 17.4. The third kappa shape index (κ3) is 5.53. The topological polar surface area (TPSA) is 69.2 Å². The second kappa shape index (κ2) is 8.71. The van der Waals surface area contributed by atoms with Gasteiger partial charge in [-0.25, -0.2) is 4.79 Å². The van der Waals surface area contributed by atoms with Crippen molar-refractivity contribution in [2.24, 2.45) is 10.9 Å². The lowest BCUT2D eigenvalue weighted by Gasteiger charge is -2.40. The molecule has 1 aromatic carbocycles. The lowest BCUT2D eigenvalue weighted by molar-refractivity contribution is 0.00701. The maximum Gasteiger partial charge on any atom is 0.410 e. The molecule has 2 N–H and O–H groups in total. The van der Waals surface area contributed by atoms with E-state index in [1.807, 2.05) is 20.8 Å². The van der Waals surface area contributed by atoms with Crippen LogP contribution in [0.5, 0.6) is 0 Å². The number of carbonyl (C=O) groups is 1. The van der Waals surface area contributed by atoms with Gasteiger partial charge in [-0.05, 0) is 45.2 Å². The number of carbonyl (C=O) groups excluding carboxylic acids is 1. The number of anilines is 1. The average molecular weight is 388 g/mol.